The number of amides is 1. The number of ether oxygens (including phenoxy) is 1. The van der Waals surface area contributed by atoms with Gasteiger partial charge in [-0.15, -0.1) is 12.4 Å². The third-order valence-electron chi connectivity index (χ3n) is 3.65. The molecule has 1 atom stereocenters. The van der Waals surface area contributed by atoms with Crippen molar-refractivity contribution in [1.29, 1.82) is 0 Å². The monoisotopic (exact) mass is 428 g/mol. The average molecular weight is 430 g/mol. The number of aliphatic hydroxyl groups excluding tert-OH is 1. The van der Waals surface area contributed by atoms with Gasteiger partial charge in [-0.2, -0.15) is 0 Å². The maximum absolute atomic E-state index is 12.4. The van der Waals surface area contributed by atoms with Crippen molar-refractivity contribution in [3.05, 3.63) is 64.1 Å². The molecule has 0 aromatic heterocycles. The summed E-state index contributed by atoms with van der Waals surface area (Å²) in [5, 5.41) is 11.6. The number of carbonyl (C=O) groups excluding carboxylic acids is 1. The number of rotatable bonds is 7. The molecule has 0 saturated carbocycles. The molecule has 136 valence electrons. The quantitative estimate of drug-likeness (QED) is 0.632. The number of nitrogens with two attached hydrogens (primary N) is 1. The van der Waals surface area contributed by atoms with Crippen LogP contribution in [-0.2, 0) is 16.9 Å². The normalized spacial score (nSPS) is 12.6. The van der Waals surface area contributed by atoms with Gasteiger partial charge in [-0.05, 0) is 42.3 Å². The number of hydrogen-bond acceptors (Lipinski definition) is 4. The summed E-state index contributed by atoms with van der Waals surface area (Å²) >= 11 is 3.37. The molecule has 4 N–H and O–H groups in total. The lowest BCUT2D eigenvalue weighted by Crippen LogP contribution is -2.48. The average Bonchev–Trinajstić information content (AvgIpc) is 2.59. The number of nitrogens with one attached hydrogen (secondary N) is 1. The molecule has 0 radical (unpaired) electrons. The predicted molar refractivity (Wildman–Crippen MR) is 104 cm³/mol. The van der Waals surface area contributed by atoms with E-state index in [1.54, 1.807) is 19.1 Å². The largest absolute Gasteiger partial charge is 0.491 e. The molecule has 25 heavy (non-hydrogen) atoms. The molecule has 2 aromatic rings. The van der Waals surface area contributed by atoms with E-state index in [-0.39, 0.29) is 31.5 Å². The van der Waals surface area contributed by atoms with E-state index < -0.39 is 5.54 Å². The Kier molecular flexibility index (Phi) is 8.38. The first-order valence-electron chi connectivity index (χ1n) is 7.59. The first kappa shape index (κ1) is 21.4. The number of aliphatic hydroxyl groups is 1. The minimum absolute atomic E-state index is 0. The van der Waals surface area contributed by atoms with E-state index in [2.05, 4.69) is 21.2 Å². The minimum Gasteiger partial charge on any atom is -0.491 e. The van der Waals surface area contributed by atoms with E-state index in [0.29, 0.717) is 12.3 Å². The smallest absolute Gasteiger partial charge is 0.244 e. The fourth-order valence-corrected chi connectivity index (χ4v) is 2.42. The Balaban J connectivity index is 0.00000312. The SMILES string of the molecule is CC(N)(C(=O)NCc1ccc(OCCO)cc1)c1ccc(Br)cc1.Cl. The summed E-state index contributed by atoms with van der Waals surface area (Å²) in [5.41, 5.74) is 6.78. The van der Waals surface area contributed by atoms with Crippen molar-refractivity contribution in [2.45, 2.75) is 19.0 Å². The van der Waals surface area contributed by atoms with Gasteiger partial charge >= 0.3 is 0 Å². The first-order valence-corrected chi connectivity index (χ1v) is 8.38. The molecule has 1 unspecified atom stereocenters. The van der Waals surface area contributed by atoms with Gasteiger partial charge in [0.15, 0.2) is 0 Å². The predicted octanol–water partition coefficient (Wildman–Crippen LogP) is 2.73. The van der Waals surface area contributed by atoms with Gasteiger partial charge in [0.05, 0.1) is 6.61 Å². The molecule has 0 saturated heterocycles. The van der Waals surface area contributed by atoms with Crippen molar-refractivity contribution in [3.63, 3.8) is 0 Å². The molecular weight excluding hydrogens is 408 g/mol. The second kappa shape index (κ2) is 9.77. The number of benzene rings is 2. The van der Waals surface area contributed by atoms with E-state index in [4.69, 9.17) is 15.6 Å². The Hall–Kier alpha value is -1.60. The summed E-state index contributed by atoms with van der Waals surface area (Å²) in [5.74, 6) is 0.433. The Morgan fingerprint density at radius 3 is 2.36 bits per heavy atom. The zero-order chi connectivity index (χ0) is 17.6. The van der Waals surface area contributed by atoms with E-state index >= 15 is 0 Å². The van der Waals surface area contributed by atoms with Gasteiger partial charge in [0.1, 0.15) is 17.9 Å². The van der Waals surface area contributed by atoms with E-state index in [0.717, 1.165) is 15.6 Å². The number of hydrogen-bond donors (Lipinski definition) is 3. The molecule has 0 aliphatic heterocycles. The molecule has 0 fully saturated rings. The van der Waals surface area contributed by atoms with Crippen LogP contribution in [0.5, 0.6) is 5.75 Å². The zero-order valence-electron chi connectivity index (χ0n) is 13.9. The zero-order valence-corrected chi connectivity index (χ0v) is 16.3. The summed E-state index contributed by atoms with van der Waals surface area (Å²) in [7, 11) is 0. The molecule has 0 aliphatic rings. The highest BCUT2D eigenvalue weighted by Gasteiger charge is 2.30. The van der Waals surface area contributed by atoms with Crippen LogP contribution < -0.4 is 15.8 Å². The maximum Gasteiger partial charge on any atom is 0.244 e. The highest BCUT2D eigenvalue weighted by atomic mass is 79.9. The van der Waals surface area contributed by atoms with Crippen molar-refractivity contribution < 1.29 is 14.6 Å². The Labute approximate surface area is 162 Å². The van der Waals surface area contributed by atoms with Crippen LogP contribution in [0.25, 0.3) is 0 Å². The van der Waals surface area contributed by atoms with Crippen LogP contribution in [-0.4, -0.2) is 24.2 Å². The lowest BCUT2D eigenvalue weighted by Gasteiger charge is -2.24. The van der Waals surface area contributed by atoms with Crippen molar-refractivity contribution in [1.82, 2.24) is 5.32 Å². The molecule has 0 heterocycles. The summed E-state index contributed by atoms with van der Waals surface area (Å²) in [6.07, 6.45) is 0. The third-order valence-corrected chi connectivity index (χ3v) is 4.18. The number of carbonyl (C=O) groups is 1. The number of halogens is 2. The van der Waals surface area contributed by atoms with Gasteiger partial charge in [-0.25, -0.2) is 0 Å². The first-order chi connectivity index (χ1) is 11.4. The van der Waals surface area contributed by atoms with Crippen molar-refractivity contribution in [2.24, 2.45) is 5.73 Å². The lowest BCUT2D eigenvalue weighted by molar-refractivity contribution is -0.126. The highest BCUT2D eigenvalue weighted by molar-refractivity contribution is 9.10. The summed E-state index contributed by atoms with van der Waals surface area (Å²) in [4.78, 5) is 12.4. The second-order valence-electron chi connectivity index (χ2n) is 5.61. The van der Waals surface area contributed by atoms with Crippen LogP contribution >= 0.6 is 28.3 Å². The lowest BCUT2D eigenvalue weighted by atomic mass is 9.92. The van der Waals surface area contributed by atoms with Gasteiger partial charge in [0.25, 0.3) is 0 Å². The fourth-order valence-electron chi connectivity index (χ4n) is 2.16. The molecule has 7 heteroatoms. The van der Waals surface area contributed by atoms with Crippen LogP contribution in [0.1, 0.15) is 18.1 Å². The second-order valence-corrected chi connectivity index (χ2v) is 6.52. The fraction of sp³-hybridized carbons (Fsp3) is 0.278. The van der Waals surface area contributed by atoms with Crippen LogP contribution in [0.3, 0.4) is 0 Å². The van der Waals surface area contributed by atoms with Gasteiger partial charge in [0.2, 0.25) is 5.91 Å². The summed E-state index contributed by atoms with van der Waals surface area (Å²) in [6, 6.07) is 14.7. The van der Waals surface area contributed by atoms with Crippen molar-refractivity contribution in [3.8, 4) is 5.75 Å². The van der Waals surface area contributed by atoms with Crippen LogP contribution in [0.2, 0.25) is 0 Å². The highest BCUT2D eigenvalue weighted by Crippen LogP contribution is 2.21. The standard InChI is InChI=1S/C18H21BrN2O3.ClH/c1-18(20,14-4-6-15(19)7-5-14)17(23)21-12-13-2-8-16(9-3-13)24-11-10-22;/h2-9,22H,10-12,20H2,1H3,(H,21,23);1H. The topological polar surface area (TPSA) is 84.6 Å². The Morgan fingerprint density at radius 2 is 1.80 bits per heavy atom. The van der Waals surface area contributed by atoms with Crippen LogP contribution in [0.15, 0.2) is 53.0 Å². The van der Waals surface area contributed by atoms with Crippen molar-refractivity contribution in [2.75, 3.05) is 13.2 Å². The molecular formula is C18H22BrClN2O3. The molecule has 2 rings (SSSR count). The molecule has 0 bridgehead atoms. The van der Waals surface area contributed by atoms with Gasteiger partial charge in [-0.1, -0.05) is 40.2 Å². The Bertz CT molecular complexity index is 676. The van der Waals surface area contributed by atoms with Gasteiger partial charge in [-0.3, -0.25) is 4.79 Å². The van der Waals surface area contributed by atoms with E-state index in [1.807, 2.05) is 36.4 Å². The van der Waals surface area contributed by atoms with Gasteiger partial charge < -0.3 is 20.9 Å². The maximum atomic E-state index is 12.4. The minimum atomic E-state index is -1.11. The summed E-state index contributed by atoms with van der Waals surface area (Å²) in [6.45, 7) is 2.30. The molecule has 1 amide bonds. The van der Waals surface area contributed by atoms with E-state index in [9.17, 15) is 4.79 Å². The van der Waals surface area contributed by atoms with Gasteiger partial charge in [0, 0.05) is 11.0 Å². The molecule has 2 aromatic carbocycles. The Morgan fingerprint density at radius 1 is 1.20 bits per heavy atom. The van der Waals surface area contributed by atoms with E-state index in [1.165, 1.54) is 0 Å². The summed E-state index contributed by atoms with van der Waals surface area (Å²) < 4.78 is 6.23. The van der Waals surface area contributed by atoms with Crippen molar-refractivity contribution >= 4 is 34.2 Å². The third kappa shape index (κ3) is 6.01. The van der Waals surface area contributed by atoms with Crippen LogP contribution in [0.4, 0.5) is 0 Å². The van der Waals surface area contributed by atoms with Crippen LogP contribution in [0, 0.1) is 0 Å². The molecule has 0 aliphatic carbocycles. The molecule has 0 spiro atoms. The molecule has 5 nitrogen and oxygen atoms in total.